The van der Waals surface area contributed by atoms with Crippen LogP contribution in [-0.4, -0.2) is 12.7 Å². The second-order valence-electron chi connectivity index (χ2n) is 5.35. The molecule has 0 aromatic heterocycles. The molecule has 2 atom stereocenters. The van der Waals surface area contributed by atoms with Gasteiger partial charge in [-0.25, -0.2) is 4.39 Å². The van der Waals surface area contributed by atoms with E-state index in [0.29, 0.717) is 6.10 Å². The Morgan fingerprint density at radius 3 is 2.95 bits per heavy atom. The summed E-state index contributed by atoms with van der Waals surface area (Å²) in [4.78, 5) is 0. The molecular weight excluding hydrogens is 243 g/mol. The van der Waals surface area contributed by atoms with Crippen LogP contribution in [0.25, 0.3) is 0 Å². The number of nitrogens with one attached hydrogen (secondary N) is 1. The van der Waals surface area contributed by atoms with E-state index < -0.39 is 0 Å². The monoisotopic (exact) mass is 266 g/mol. The number of hydrogen-bond acceptors (Lipinski definition) is 3. The van der Waals surface area contributed by atoms with Crippen LogP contribution >= 0.6 is 0 Å². The third kappa shape index (κ3) is 4.27. The molecule has 0 spiro atoms. The van der Waals surface area contributed by atoms with Gasteiger partial charge in [0.2, 0.25) is 0 Å². The second-order valence-corrected chi connectivity index (χ2v) is 5.35. The Balaban J connectivity index is 1.87. The molecule has 4 heteroatoms. The standard InChI is InChI=1S/C15H23FN2O/c1-11-8-12(10-13(16)9-11)15(18-17)6-2-4-14-5-3-7-19-14/h8-10,14-15,18H,2-7,17H2,1H3. The lowest BCUT2D eigenvalue weighted by Crippen LogP contribution is -2.28. The van der Waals surface area contributed by atoms with Crippen molar-refractivity contribution in [1.29, 1.82) is 0 Å². The molecule has 0 radical (unpaired) electrons. The van der Waals surface area contributed by atoms with Crippen LogP contribution in [0.1, 0.15) is 49.3 Å². The maximum Gasteiger partial charge on any atom is 0.123 e. The Labute approximate surface area is 114 Å². The van der Waals surface area contributed by atoms with Crippen molar-refractivity contribution in [2.75, 3.05) is 6.61 Å². The molecule has 1 aromatic carbocycles. The van der Waals surface area contributed by atoms with Gasteiger partial charge in [0, 0.05) is 12.6 Å². The lowest BCUT2D eigenvalue weighted by molar-refractivity contribution is 0.101. The average molecular weight is 266 g/mol. The lowest BCUT2D eigenvalue weighted by Gasteiger charge is -2.18. The molecule has 1 heterocycles. The first-order valence-electron chi connectivity index (χ1n) is 7.04. The zero-order valence-corrected chi connectivity index (χ0v) is 11.5. The van der Waals surface area contributed by atoms with Crippen molar-refractivity contribution < 1.29 is 9.13 Å². The summed E-state index contributed by atoms with van der Waals surface area (Å²) in [6.45, 7) is 2.79. The molecule has 1 aliphatic rings. The molecule has 0 saturated carbocycles. The highest BCUT2D eigenvalue weighted by atomic mass is 19.1. The zero-order chi connectivity index (χ0) is 13.7. The molecule has 0 amide bonds. The van der Waals surface area contributed by atoms with E-state index in [0.717, 1.165) is 37.0 Å². The Morgan fingerprint density at radius 1 is 1.47 bits per heavy atom. The van der Waals surface area contributed by atoms with Crippen molar-refractivity contribution in [3.8, 4) is 0 Å². The normalized spacial score (nSPS) is 20.7. The van der Waals surface area contributed by atoms with Crippen molar-refractivity contribution in [1.82, 2.24) is 5.43 Å². The first kappa shape index (κ1) is 14.4. The predicted molar refractivity (Wildman–Crippen MR) is 74.0 cm³/mol. The highest BCUT2D eigenvalue weighted by Crippen LogP contribution is 2.24. The maximum absolute atomic E-state index is 13.4. The molecule has 1 fully saturated rings. The number of aryl methyl sites for hydroxylation is 1. The van der Waals surface area contributed by atoms with Gasteiger partial charge in [0.15, 0.2) is 0 Å². The van der Waals surface area contributed by atoms with Crippen molar-refractivity contribution >= 4 is 0 Å². The van der Waals surface area contributed by atoms with Gasteiger partial charge < -0.3 is 4.74 Å². The molecule has 106 valence electrons. The summed E-state index contributed by atoms with van der Waals surface area (Å²) in [6, 6.07) is 5.09. The molecule has 2 rings (SSSR count). The third-order valence-corrected chi connectivity index (χ3v) is 3.71. The van der Waals surface area contributed by atoms with Crippen LogP contribution in [0.2, 0.25) is 0 Å². The van der Waals surface area contributed by atoms with Gasteiger partial charge in [-0.15, -0.1) is 0 Å². The highest BCUT2D eigenvalue weighted by molar-refractivity contribution is 5.26. The van der Waals surface area contributed by atoms with E-state index in [1.165, 1.54) is 18.9 Å². The van der Waals surface area contributed by atoms with E-state index in [1.807, 2.05) is 13.0 Å². The van der Waals surface area contributed by atoms with Gasteiger partial charge in [-0.05, 0) is 62.3 Å². The van der Waals surface area contributed by atoms with Crippen LogP contribution < -0.4 is 11.3 Å². The fraction of sp³-hybridized carbons (Fsp3) is 0.600. The highest BCUT2D eigenvalue weighted by Gasteiger charge is 2.17. The van der Waals surface area contributed by atoms with Crippen molar-refractivity contribution in [2.45, 2.75) is 51.2 Å². The summed E-state index contributed by atoms with van der Waals surface area (Å²) in [6.07, 6.45) is 5.75. The van der Waals surface area contributed by atoms with E-state index in [2.05, 4.69) is 5.43 Å². The van der Waals surface area contributed by atoms with Gasteiger partial charge in [0.25, 0.3) is 0 Å². The summed E-state index contributed by atoms with van der Waals surface area (Å²) < 4.78 is 19.0. The zero-order valence-electron chi connectivity index (χ0n) is 11.5. The Kier molecular flexibility index (Phi) is 5.31. The van der Waals surface area contributed by atoms with Gasteiger partial charge in [-0.2, -0.15) is 0 Å². The summed E-state index contributed by atoms with van der Waals surface area (Å²) in [5.41, 5.74) is 4.64. The second kappa shape index (κ2) is 6.98. The molecule has 1 saturated heterocycles. The lowest BCUT2D eigenvalue weighted by atomic mass is 9.98. The molecular formula is C15H23FN2O. The van der Waals surface area contributed by atoms with E-state index in [-0.39, 0.29) is 11.9 Å². The van der Waals surface area contributed by atoms with Gasteiger partial charge in [-0.3, -0.25) is 11.3 Å². The number of nitrogens with two attached hydrogens (primary N) is 1. The van der Waals surface area contributed by atoms with Crippen LogP contribution in [0, 0.1) is 12.7 Å². The summed E-state index contributed by atoms with van der Waals surface area (Å²) in [5.74, 6) is 5.40. The summed E-state index contributed by atoms with van der Waals surface area (Å²) in [7, 11) is 0. The fourth-order valence-corrected chi connectivity index (χ4v) is 2.73. The minimum atomic E-state index is -0.200. The predicted octanol–water partition coefficient (Wildman–Crippen LogP) is 2.99. The number of hydrogen-bond donors (Lipinski definition) is 2. The smallest absolute Gasteiger partial charge is 0.123 e. The Hall–Kier alpha value is -0.970. The third-order valence-electron chi connectivity index (χ3n) is 3.71. The molecule has 2 unspecified atom stereocenters. The van der Waals surface area contributed by atoms with Crippen LogP contribution in [0.4, 0.5) is 4.39 Å². The average Bonchev–Trinajstić information content (AvgIpc) is 2.86. The van der Waals surface area contributed by atoms with Crippen LogP contribution in [0.3, 0.4) is 0 Å². The SMILES string of the molecule is Cc1cc(F)cc(C(CCCC2CCCO2)NN)c1. The summed E-state index contributed by atoms with van der Waals surface area (Å²) in [5, 5.41) is 0. The molecule has 0 bridgehead atoms. The van der Waals surface area contributed by atoms with Crippen molar-refractivity contribution in [3.63, 3.8) is 0 Å². The van der Waals surface area contributed by atoms with E-state index in [1.54, 1.807) is 6.07 Å². The minimum absolute atomic E-state index is 0.0100. The maximum atomic E-state index is 13.4. The molecule has 1 aromatic rings. The van der Waals surface area contributed by atoms with Crippen molar-refractivity contribution in [3.05, 3.63) is 35.1 Å². The first-order chi connectivity index (χ1) is 9.19. The van der Waals surface area contributed by atoms with E-state index >= 15 is 0 Å². The van der Waals surface area contributed by atoms with Crippen LogP contribution in [0.5, 0.6) is 0 Å². The number of hydrazine groups is 1. The molecule has 3 nitrogen and oxygen atoms in total. The van der Waals surface area contributed by atoms with Gasteiger partial charge in [-0.1, -0.05) is 6.07 Å². The quantitative estimate of drug-likeness (QED) is 0.614. The van der Waals surface area contributed by atoms with Crippen LogP contribution in [-0.2, 0) is 4.74 Å². The van der Waals surface area contributed by atoms with Crippen LogP contribution in [0.15, 0.2) is 18.2 Å². The molecule has 0 aliphatic carbocycles. The molecule has 1 aliphatic heterocycles. The molecule has 3 N–H and O–H groups in total. The first-order valence-corrected chi connectivity index (χ1v) is 7.04. The summed E-state index contributed by atoms with van der Waals surface area (Å²) >= 11 is 0. The number of ether oxygens (including phenoxy) is 1. The van der Waals surface area contributed by atoms with E-state index in [9.17, 15) is 4.39 Å². The topological polar surface area (TPSA) is 47.3 Å². The number of benzene rings is 1. The fourth-order valence-electron chi connectivity index (χ4n) is 2.73. The minimum Gasteiger partial charge on any atom is -0.378 e. The number of rotatable bonds is 6. The van der Waals surface area contributed by atoms with Gasteiger partial charge in [0.05, 0.1) is 6.10 Å². The largest absolute Gasteiger partial charge is 0.378 e. The van der Waals surface area contributed by atoms with E-state index in [4.69, 9.17) is 10.6 Å². The number of halogens is 1. The Morgan fingerprint density at radius 2 is 2.32 bits per heavy atom. The Bertz CT molecular complexity index is 385. The molecule has 19 heavy (non-hydrogen) atoms. The van der Waals surface area contributed by atoms with Gasteiger partial charge in [0.1, 0.15) is 5.82 Å². The van der Waals surface area contributed by atoms with Crippen molar-refractivity contribution in [2.24, 2.45) is 5.84 Å². The van der Waals surface area contributed by atoms with Gasteiger partial charge >= 0.3 is 0 Å².